The highest BCUT2D eigenvalue weighted by atomic mass is 35.5. The number of carbonyl (C=O) groups excluding carboxylic acids is 2. The van der Waals surface area contributed by atoms with Crippen molar-refractivity contribution in [2.75, 3.05) is 27.3 Å². The first-order valence-corrected chi connectivity index (χ1v) is 7.15. The third kappa shape index (κ3) is 3.47. The van der Waals surface area contributed by atoms with Crippen LogP contribution in [-0.2, 0) is 9.53 Å². The van der Waals surface area contributed by atoms with Crippen LogP contribution < -0.4 is 4.74 Å². The number of ether oxygens (including phenoxy) is 2. The lowest BCUT2D eigenvalue weighted by Crippen LogP contribution is -2.40. The Hall–Kier alpha value is -1.75. The van der Waals surface area contributed by atoms with Crippen LogP contribution >= 0.6 is 11.6 Å². The van der Waals surface area contributed by atoms with E-state index in [1.807, 2.05) is 0 Å². The van der Waals surface area contributed by atoms with E-state index in [0.717, 1.165) is 0 Å². The highest BCUT2D eigenvalue weighted by molar-refractivity contribution is 6.31. The summed E-state index contributed by atoms with van der Waals surface area (Å²) in [7, 11) is 2.90. The molecule has 6 heteroatoms. The van der Waals surface area contributed by atoms with Crippen LogP contribution in [0.25, 0.3) is 0 Å². The molecule has 0 atom stereocenters. The number of piperidine rings is 1. The van der Waals surface area contributed by atoms with Crippen LogP contribution in [0, 0.1) is 5.92 Å². The summed E-state index contributed by atoms with van der Waals surface area (Å²) in [6.45, 7) is 1.04. The van der Waals surface area contributed by atoms with Gasteiger partial charge < -0.3 is 14.4 Å². The fourth-order valence-electron chi connectivity index (χ4n) is 2.50. The van der Waals surface area contributed by atoms with Gasteiger partial charge in [0.05, 0.1) is 25.7 Å². The second kappa shape index (κ2) is 6.80. The zero-order chi connectivity index (χ0) is 15.4. The van der Waals surface area contributed by atoms with Crippen molar-refractivity contribution >= 4 is 23.5 Å². The zero-order valence-electron chi connectivity index (χ0n) is 12.1. The van der Waals surface area contributed by atoms with Gasteiger partial charge in [0.2, 0.25) is 0 Å². The van der Waals surface area contributed by atoms with Gasteiger partial charge in [-0.2, -0.15) is 0 Å². The van der Waals surface area contributed by atoms with Crippen molar-refractivity contribution in [1.82, 2.24) is 4.90 Å². The van der Waals surface area contributed by atoms with Crippen molar-refractivity contribution in [3.63, 3.8) is 0 Å². The summed E-state index contributed by atoms with van der Waals surface area (Å²) in [4.78, 5) is 25.8. The monoisotopic (exact) mass is 311 g/mol. The van der Waals surface area contributed by atoms with Crippen LogP contribution in [0.5, 0.6) is 5.75 Å². The van der Waals surface area contributed by atoms with Gasteiger partial charge in [-0.3, -0.25) is 9.59 Å². The molecule has 1 aliphatic heterocycles. The molecule has 0 spiro atoms. The fraction of sp³-hybridized carbons (Fsp3) is 0.467. The minimum absolute atomic E-state index is 0.125. The Morgan fingerprint density at radius 1 is 1.24 bits per heavy atom. The molecule has 1 aromatic rings. The smallest absolute Gasteiger partial charge is 0.308 e. The number of nitrogens with zero attached hydrogens (tertiary/aromatic N) is 1. The van der Waals surface area contributed by atoms with E-state index >= 15 is 0 Å². The predicted octanol–water partition coefficient (Wildman–Crippen LogP) is 2.37. The number of methoxy groups -OCH3 is 2. The molecule has 5 nitrogen and oxygen atoms in total. The summed E-state index contributed by atoms with van der Waals surface area (Å²) in [6, 6.07) is 4.96. The van der Waals surface area contributed by atoms with Crippen LogP contribution in [0.4, 0.5) is 0 Å². The van der Waals surface area contributed by atoms with Crippen LogP contribution in [0.3, 0.4) is 0 Å². The van der Waals surface area contributed by atoms with Crippen molar-refractivity contribution in [2.45, 2.75) is 12.8 Å². The molecule has 2 rings (SSSR count). The Morgan fingerprint density at radius 2 is 1.90 bits per heavy atom. The van der Waals surface area contributed by atoms with E-state index in [1.165, 1.54) is 14.2 Å². The summed E-state index contributed by atoms with van der Waals surface area (Å²) in [5.41, 5.74) is 0.446. The molecule has 1 aliphatic rings. The van der Waals surface area contributed by atoms with Gasteiger partial charge in [0.25, 0.3) is 5.91 Å². The maximum absolute atomic E-state index is 12.5. The van der Waals surface area contributed by atoms with Gasteiger partial charge in [-0.25, -0.2) is 0 Å². The molecule has 1 amide bonds. The summed E-state index contributed by atoms with van der Waals surface area (Å²) >= 11 is 5.95. The van der Waals surface area contributed by atoms with Crippen LogP contribution in [0.15, 0.2) is 18.2 Å². The van der Waals surface area contributed by atoms with Gasteiger partial charge in [0.1, 0.15) is 5.75 Å². The van der Waals surface area contributed by atoms with E-state index in [0.29, 0.717) is 42.3 Å². The van der Waals surface area contributed by atoms with E-state index in [1.54, 1.807) is 23.1 Å². The molecular weight excluding hydrogens is 294 g/mol. The largest absolute Gasteiger partial charge is 0.496 e. The van der Waals surface area contributed by atoms with Crippen LogP contribution in [0.1, 0.15) is 23.2 Å². The SMILES string of the molecule is COC(=O)C1CCN(C(=O)c2cc(Cl)ccc2OC)CC1. The average molecular weight is 312 g/mol. The number of amides is 1. The molecule has 21 heavy (non-hydrogen) atoms. The lowest BCUT2D eigenvalue weighted by molar-refractivity contribution is -0.146. The van der Waals surface area contributed by atoms with Gasteiger partial charge in [-0.05, 0) is 31.0 Å². The Morgan fingerprint density at radius 3 is 2.48 bits per heavy atom. The zero-order valence-corrected chi connectivity index (χ0v) is 12.9. The molecule has 0 unspecified atom stereocenters. The third-order valence-corrected chi connectivity index (χ3v) is 3.94. The molecule has 1 fully saturated rings. The van der Waals surface area contributed by atoms with E-state index in [4.69, 9.17) is 21.1 Å². The first kappa shape index (κ1) is 15.6. The van der Waals surface area contributed by atoms with Crippen molar-refractivity contribution in [1.29, 1.82) is 0 Å². The highest BCUT2D eigenvalue weighted by Crippen LogP contribution is 2.26. The molecule has 1 saturated heterocycles. The molecule has 0 aromatic heterocycles. The molecule has 114 valence electrons. The van der Waals surface area contributed by atoms with Gasteiger partial charge in [-0.1, -0.05) is 11.6 Å². The predicted molar refractivity (Wildman–Crippen MR) is 78.6 cm³/mol. The van der Waals surface area contributed by atoms with E-state index in [-0.39, 0.29) is 17.8 Å². The minimum atomic E-state index is -0.206. The first-order chi connectivity index (χ1) is 10.1. The lowest BCUT2D eigenvalue weighted by atomic mass is 9.96. The topological polar surface area (TPSA) is 55.8 Å². The molecule has 1 heterocycles. The van der Waals surface area contributed by atoms with Crippen molar-refractivity contribution in [3.05, 3.63) is 28.8 Å². The van der Waals surface area contributed by atoms with Crippen molar-refractivity contribution < 1.29 is 19.1 Å². The molecule has 0 aliphatic carbocycles. The second-order valence-corrected chi connectivity index (χ2v) is 5.37. The van der Waals surface area contributed by atoms with E-state index in [9.17, 15) is 9.59 Å². The fourth-order valence-corrected chi connectivity index (χ4v) is 2.67. The average Bonchev–Trinajstić information content (AvgIpc) is 2.53. The van der Waals surface area contributed by atoms with Crippen LogP contribution in [-0.4, -0.2) is 44.1 Å². The molecule has 0 N–H and O–H groups in total. The molecule has 0 radical (unpaired) electrons. The molecule has 0 bridgehead atoms. The number of hydrogen-bond donors (Lipinski definition) is 0. The summed E-state index contributed by atoms with van der Waals surface area (Å²) in [6.07, 6.45) is 1.22. The quantitative estimate of drug-likeness (QED) is 0.804. The van der Waals surface area contributed by atoms with Gasteiger partial charge in [0.15, 0.2) is 0 Å². The van der Waals surface area contributed by atoms with Gasteiger partial charge >= 0.3 is 5.97 Å². The summed E-state index contributed by atoms with van der Waals surface area (Å²) < 4.78 is 9.95. The van der Waals surface area contributed by atoms with Crippen LogP contribution in [0.2, 0.25) is 5.02 Å². The number of halogens is 1. The van der Waals surface area contributed by atoms with E-state index < -0.39 is 0 Å². The number of carbonyl (C=O) groups is 2. The summed E-state index contributed by atoms with van der Waals surface area (Å²) in [5.74, 6) is 0.0416. The Kier molecular flexibility index (Phi) is 5.07. The first-order valence-electron chi connectivity index (χ1n) is 6.77. The highest BCUT2D eigenvalue weighted by Gasteiger charge is 2.29. The molecule has 0 saturated carbocycles. The number of rotatable bonds is 3. The Labute approximate surface area is 128 Å². The Balaban J connectivity index is 2.09. The van der Waals surface area contributed by atoms with Crippen molar-refractivity contribution in [3.8, 4) is 5.75 Å². The van der Waals surface area contributed by atoms with Gasteiger partial charge in [-0.15, -0.1) is 0 Å². The Bertz CT molecular complexity index is 538. The van der Waals surface area contributed by atoms with E-state index in [2.05, 4.69) is 0 Å². The van der Waals surface area contributed by atoms with Crippen molar-refractivity contribution in [2.24, 2.45) is 5.92 Å². The maximum atomic E-state index is 12.5. The number of likely N-dealkylation sites (tertiary alicyclic amines) is 1. The summed E-state index contributed by atoms with van der Waals surface area (Å²) in [5, 5.41) is 0.489. The number of benzene rings is 1. The maximum Gasteiger partial charge on any atom is 0.308 e. The third-order valence-electron chi connectivity index (χ3n) is 3.71. The number of hydrogen-bond acceptors (Lipinski definition) is 4. The molecular formula is C15H18ClNO4. The number of esters is 1. The normalized spacial score (nSPS) is 15.7. The van der Waals surface area contributed by atoms with Gasteiger partial charge in [0, 0.05) is 18.1 Å². The lowest BCUT2D eigenvalue weighted by Gasteiger charge is -2.31. The standard InChI is InChI=1S/C15H18ClNO4/c1-20-13-4-3-11(16)9-12(13)14(18)17-7-5-10(6-8-17)15(19)21-2/h3-4,9-10H,5-8H2,1-2H3. The molecule has 1 aromatic carbocycles. The second-order valence-electron chi connectivity index (χ2n) is 4.93. The minimum Gasteiger partial charge on any atom is -0.496 e.